The predicted octanol–water partition coefficient (Wildman–Crippen LogP) is 4.29. The topological polar surface area (TPSA) is 99.5 Å². The lowest BCUT2D eigenvalue weighted by Gasteiger charge is -2.34. The summed E-state index contributed by atoms with van der Waals surface area (Å²) in [6, 6.07) is 22.7. The molecule has 2 amide bonds. The largest absolute Gasteiger partial charge is 0.482 e. The number of carbonyl (C=O) groups is 2. The first-order valence-electron chi connectivity index (χ1n) is 13.7. The maximum absolute atomic E-state index is 14.5. The normalized spacial score (nSPS) is 25.8. The molecule has 3 aliphatic rings. The number of benzene rings is 3. The smallest absolute Gasteiger partial charge is 0.269 e. The Morgan fingerprint density at radius 1 is 1.00 bits per heavy atom. The molecule has 1 fully saturated rings. The summed E-state index contributed by atoms with van der Waals surface area (Å²) in [7, 11) is 0. The number of nitrogens with zero attached hydrogens (tertiary/aromatic N) is 2. The van der Waals surface area contributed by atoms with E-state index in [0.29, 0.717) is 34.9 Å². The highest BCUT2D eigenvalue weighted by Gasteiger charge is 2.65. The zero-order valence-electron chi connectivity index (χ0n) is 22.9. The van der Waals surface area contributed by atoms with Crippen LogP contribution < -0.4 is 14.5 Å². The number of aliphatic hydroxyl groups excluding tert-OH is 1. The average Bonchev–Trinajstić information content (AvgIpc) is 3.36. The third-order valence-electron chi connectivity index (χ3n) is 8.53. The minimum atomic E-state index is -1.39. The van der Waals surface area contributed by atoms with Gasteiger partial charge in [0, 0.05) is 29.7 Å². The summed E-state index contributed by atoms with van der Waals surface area (Å²) in [5.41, 5.74) is 1.02. The average molecular weight is 543 g/mol. The van der Waals surface area contributed by atoms with E-state index in [9.17, 15) is 19.8 Å². The molecule has 0 bridgehead atoms. The fraction of sp³-hybridized carbons (Fsp3) is 0.375. The van der Waals surface area contributed by atoms with Gasteiger partial charge < -0.3 is 24.6 Å². The van der Waals surface area contributed by atoms with E-state index in [1.54, 1.807) is 23.6 Å². The van der Waals surface area contributed by atoms with E-state index in [1.165, 1.54) is 0 Å². The first kappa shape index (κ1) is 26.5. The van der Waals surface area contributed by atoms with Crippen LogP contribution in [0.4, 0.5) is 17.1 Å². The van der Waals surface area contributed by atoms with Crippen LogP contribution in [0, 0.1) is 11.8 Å². The molecule has 3 heterocycles. The lowest BCUT2D eigenvalue weighted by molar-refractivity contribution is -0.146. The minimum Gasteiger partial charge on any atom is -0.482 e. The van der Waals surface area contributed by atoms with Crippen LogP contribution in [-0.4, -0.2) is 46.9 Å². The van der Waals surface area contributed by atoms with Crippen LogP contribution >= 0.6 is 0 Å². The summed E-state index contributed by atoms with van der Waals surface area (Å²) < 4.78 is 12.4. The molecular weight excluding hydrogens is 508 g/mol. The maximum atomic E-state index is 14.5. The van der Waals surface area contributed by atoms with Crippen LogP contribution in [0.5, 0.6) is 5.75 Å². The molecule has 3 aromatic carbocycles. The van der Waals surface area contributed by atoms with Gasteiger partial charge in [-0.2, -0.15) is 0 Å². The number of aliphatic hydroxyl groups is 2. The van der Waals surface area contributed by atoms with Crippen molar-refractivity contribution in [2.45, 2.75) is 51.0 Å². The predicted molar refractivity (Wildman–Crippen MR) is 150 cm³/mol. The van der Waals surface area contributed by atoms with Gasteiger partial charge in [-0.15, -0.1) is 0 Å². The Kier molecular flexibility index (Phi) is 6.45. The standard InChI is InChI=1S/C32H34N2O6/c1-20-29(31(2,3)38)27(15-16-35)40-32(20)23-17-22(34-25-11-7-8-12-26(25)39-19-28(34)36)13-14-24(23)33(30(32)37)18-21-9-5-4-6-10-21/h4-14,17,20,27,29,35,38H,15-16,18-19H2,1-3H3/t20-,27+,29-,32+/m0/s1. The van der Waals surface area contributed by atoms with E-state index in [-0.39, 0.29) is 31.4 Å². The van der Waals surface area contributed by atoms with Gasteiger partial charge in [0.1, 0.15) is 5.75 Å². The zero-order chi connectivity index (χ0) is 28.2. The number of anilines is 3. The number of fused-ring (bicyclic) bond motifs is 3. The Balaban J connectivity index is 1.52. The molecule has 0 radical (unpaired) electrons. The molecule has 1 spiro atoms. The van der Waals surface area contributed by atoms with E-state index in [4.69, 9.17) is 9.47 Å². The van der Waals surface area contributed by atoms with Crippen molar-refractivity contribution in [3.63, 3.8) is 0 Å². The molecule has 40 heavy (non-hydrogen) atoms. The van der Waals surface area contributed by atoms with Crippen molar-refractivity contribution >= 4 is 28.9 Å². The van der Waals surface area contributed by atoms with Gasteiger partial charge in [0.2, 0.25) is 0 Å². The number of hydrogen-bond acceptors (Lipinski definition) is 6. The molecule has 2 N–H and O–H groups in total. The van der Waals surface area contributed by atoms with Crippen LogP contribution in [-0.2, 0) is 26.5 Å². The Hall–Kier alpha value is -3.72. The summed E-state index contributed by atoms with van der Waals surface area (Å²) in [5, 5.41) is 21.1. The first-order valence-corrected chi connectivity index (χ1v) is 13.7. The molecule has 208 valence electrons. The van der Waals surface area contributed by atoms with Crippen LogP contribution in [0.1, 0.15) is 38.3 Å². The van der Waals surface area contributed by atoms with Crippen molar-refractivity contribution in [1.29, 1.82) is 0 Å². The second-order valence-corrected chi connectivity index (χ2v) is 11.4. The molecule has 0 saturated carbocycles. The minimum absolute atomic E-state index is 0.0927. The van der Waals surface area contributed by atoms with Crippen molar-refractivity contribution < 1.29 is 29.3 Å². The Morgan fingerprint density at radius 2 is 1.73 bits per heavy atom. The maximum Gasteiger partial charge on any atom is 0.269 e. The Bertz CT molecular complexity index is 1450. The van der Waals surface area contributed by atoms with E-state index < -0.39 is 29.1 Å². The van der Waals surface area contributed by atoms with Gasteiger partial charge in [0.05, 0.1) is 29.6 Å². The van der Waals surface area contributed by atoms with Gasteiger partial charge in [-0.1, -0.05) is 49.4 Å². The number of para-hydroxylation sites is 2. The van der Waals surface area contributed by atoms with E-state index in [0.717, 1.165) is 5.56 Å². The van der Waals surface area contributed by atoms with Crippen molar-refractivity contribution in [2.75, 3.05) is 23.0 Å². The van der Waals surface area contributed by atoms with Crippen molar-refractivity contribution in [2.24, 2.45) is 11.8 Å². The molecule has 6 rings (SSSR count). The third-order valence-corrected chi connectivity index (χ3v) is 8.53. The SMILES string of the molecule is C[C@H]1[C@H](C(C)(C)O)[C@@H](CCO)O[C@]12C(=O)N(Cc1ccccc1)c1ccc(N3C(=O)COc4ccccc43)cc12. The summed E-state index contributed by atoms with van der Waals surface area (Å²) in [6.45, 7) is 5.51. The molecule has 0 aliphatic carbocycles. The summed E-state index contributed by atoms with van der Waals surface area (Å²) >= 11 is 0. The Labute approximate surface area is 233 Å². The Morgan fingerprint density at radius 3 is 2.45 bits per heavy atom. The third kappa shape index (κ3) is 4.01. The van der Waals surface area contributed by atoms with Gasteiger partial charge in [0.15, 0.2) is 12.2 Å². The molecule has 1 saturated heterocycles. The summed E-state index contributed by atoms with van der Waals surface area (Å²) in [5.74, 6) is -0.651. The highest BCUT2D eigenvalue weighted by Crippen LogP contribution is 2.58. The van der Waals surface area contributed by atoms with Gasteiger partial charge in [-0.05, 0) is 56.2 Å². The first-order chi connectivity index (χ1) is 19.2. The van der Waals surface area contributed by atoms with E-state index >= 15 is 0 Å². The highest BCUT2D eigenvalue weighted by atomic mass is 16.5. The number of carbonyl (C=O) groups excluding carboxylic acids is 2. The number of ether oxygens (including phenoxy) is 2. The fourth-order valence-electron chi connectivity index (χ4n) is 6.91. The zero-order valence-corrected chi connectivity index (χ0v) is 22.9. The van der Waals surface area contributed by atoms with Crippen LogP contribution in [0.25, 0.3) is 0 Å². The molecule has 0 aromatic heterocycles. The highest BCUT2D eigenvalue weighted by molar-refractivity contribution is 6.09. The quantitative estimate of drug-likeness (QED) is 0.482. The number of hydrogen-bond donors (Lipinski definition) is 2. The van der Waals surface area contributed by atoms with Gasteiger partial charge in [-0.3, -0.25) is 14.5 Å². The molecular formula is C32H34N2O6. The molecule has 8 nitrogen and oxygen atoms in total. The molecule has 4 atom stereocenters. The number of amides is 2. The van der Waals surface area contributed by atoms with Crippen molar-refractivity contribution in [1.82, 2.24) is 0 Å². The van der Waals surface area contributed by atoms with Gasteiger partial charge in [0.25, 0.3) is 11.8 Å². The van der Waals surface area contributed by atoms with E-state index in [2.05, 4.69) is 0 Å². The summed E-state index contributed by atoms with van der Waals surface area (Å²) in [6.07, 6.45) is -0.250. The second-order valence-electron chi connectivity index (χ2n) is 11.4. The second kappa shape index (κ2) is 9.73. The van der Waals surface area contributed by atoms with Crippen LogP contribution in [0.3, 0.4) is 0 Å². The van der Waals surface area contributed by atoms with Gasteiger partial charge >= 0.3 is 0 Å². The number of rotatable bonds is 6. The van der Waals surface area contributed by atoms with E-state index in [1.807, 2.05) is 79.7 Å². The molecule has 3 aromatic rings. The lowest BCUT2D eigenvalue weighted by atomic mass is 9.71. The van der Waals surface area contributed by atoms with Gasteiger partial charge in [-0.25, -0.2) is 0 Å². The lowest BCUT2D eigenvalue weighted by Crippen LogP contribution is -2.46. The van der Waals surface area contributed by atoms with Crippen molar-refractivity contribution in [3.8, 4) is 5.75 Å². The van der Waals surface area contributed by atoms with Crippen molar-refractivity contribution in [3.05, 3.63) is 83.9 Å². The molecule has 3 aliphatic heterocycles. The fourth-order valence-corrected chi connectivity index (χ4v) is 6.91. The molecule has 8 heteroatoms. The monoisotopic (exact) mass is 542 g/mol. The molecule has 0 unspecified atom stereocenters. The van der Waals surface area contributed by atoms with Crippen LogP contribution in [0.2, 0.25) is 0 Å². The van der Waals surface area contributed by atoms with Crippen LogP contribution in [0.15, 0.2) is 72.8 Å². The summed E-state index contributed by atoms with van der Waals surface area (Å²) in [4.78, 5) is 31.0.